The first-order valence-electron chi connectivity index (χ1n) is 4.75. The van der Waals surface area contributed by atoms with E-state index in [-0.39, 0.29) is 11.5 Å². The lowest BCUT2D eigenvalue weighted by atomic mass is 9.78. The third-order valence-corrected chi connectivity index (χ3v) is 2.54. The first-order valence-corrected chi connectivity index (χ1v) is 4.75. The minimum atomic E-state index is 0.204. The van der Waals surface area contributed by atoms with Gasteiger partial charge in [0.25, 0.3) is 0 Å². The van der Waals surface area contributed by atoms with Crippen LogP contribution in [0.4, 0.5) is 0 Å². The fourth-order valence-electron chi connectivity index (χ4n) is 1.19. The van der Waals surface area contributed by atoms with Crippen LogP contribution in [0.5, 0.6) is 0 Å². The molecule has 0 amide bonds. The van der Waals surface area contributed by atoms with E-state index in [0.717, 1.165) is 6.61 Å². The zero-order valence-corrected chi connectivity index (χ0v) is 9.05. The van der Waals surface area contributed by atoms with Crippen molar-refractivity contribution in [2.45, 2.75) is 40.7 Å². The Balaban J connectivity index is 4.11. The molecule has 2 atom stereocenters. The van der Waals surface area contributed by atoms with Gasteiger partial charge >= 0.3 is 0 Å². The smallest absolute Gasteiger partial charge is 0.0727 e. The molecule has 0 aliphatic carbocycles. The summed E-state index contributed by atoms with van der Waals surface area (Å²) in [6.45, 7) is 12.2. The van der Waals surface area contributed by atoms with Crippen molar-refractivity contribution in [3.63, 3.8) is 0 Å². The lowest BCUT2D eigenvalue weighted by molar-refractivity contribution is -0.00520. The summed E-state index contributed by atoms with van der Waals surface area (Å²) < 4.78 is 5.55. The van der Waals surface area contributed by atoms with Gasteiger partial charge in [0, 0.05) is 13.2 Å². The summed E-state index contributed by atoms with van der Waals surface area (Å²) in [4.78, 5) is 0. The van der Waals surface area contributed by atoms with Crippen LogP contribution in [0.2, 0.25) is 0 Å². The Labute approximate surface area is 76.5 Å². The number of ether oxygens (including phenoxy) is 1. The fourth-order valence-corrected chi connectivity index (χ4v) is 1.19. The highest BCUT2D eigenvalue weighted by atomic mass is 16.5. The van der Waals surface area contributed by atoms with Crippen molar-refractivity contribution >= 4 is 0 Å². The summed E-state index contributed by atoms with van der Waals surface area (Å²) in [6.07, 6.45) is 0.204. The van der Waals surface area contributed by atoms with Crippen LogP contribution in [0.1, 0.15) is 34.6 Å². The van der Waals surface area contributed by atoms with Crippen LogP contribution in [0, 0.1) is 11.3 Å². The Morgan fingerprint density at radius 1 is 1.33 bits per heavy atom. The summed E-state index contributed by atoms with van der Waals surface area (Å²) in [5.41, 5.74) is 5.91. The highest BCUT2D eigenvalue weighted by Gasteiger charge is 2.27. The molecule has 0 rings (SSSR count). The molecule has 0 fully saturated rings. The van der Waals surface area contributed by atoms with Gasteiger partial charge in [-0.2, -0.15) is 0 Å². The third-order valence-electron chi connectivity index (χ3n) is 2.54. The van der Waals surface area contributed by atoms with Gasteiger partial charge in [0.1, 0.15) is 0 Å². The predicted octanol–water partition coefficient (Wildman–Crippen LogP) is 2.03. The van der Waals surface area contributed by atoms with Crippen LogP contribution in [-0.4, -0.2) is 19.3 Å². The van der Waals surface area contributed by atoms with Crippen LogP contribution in [0.25, 0.3) is 0 Å². The standard InChI is InChI=1S/C10H23NO/c1-6-12-9(7-11)8(2)10(3,4)5/h8-9H,6-7,11H2,1-5H3. The molecule has 0 saturated heterocycles. The van der Waals surface area contributed by atoms with Gasteiger partial charge in [-0.15, -0.1) is 0 Å². The molecule has 0 aromatic heterocycles. The minimum absolute atomic E-state index is 0.204. The van der Waals surface area contributed by atoms with Gasteiger partial charge in [-0.1, -0.05) is 27.7 Å². The molecule has 0 bridgehead atoms. The van der Waals surface area contributed by atoms with E-state index >= 15 is 0 Å². The van der Waals surface area contributed by atoms with Gasteiger partial charge in [0.05, 0.1) is 6.10 Å². The molecule has 2 nitrogen and oxygen atoms in total. The van der Waals surface area contributed by atoms with Gasteiger partial charge in [-0.05, 0) is 18.3 Å². The molecule has 0 saturated carbocycles. The summed E-state index contributed by atoms with van der Waals surface area (Å²) in [6, 6.07) is 0. The van der Waals surface area contributed by atoms with E-state index in [0.29, 0.717) is 12.5 Å². The summed E-state index contributed by atoms with van der Waals surface area (Å²) >= 11 is 0. The molecule has 0 aliphatic heterocycles. The SMILES string of the molecule is CCOC(CN)C(C)C(C)(C)C. The van der Waals surface area contributed by atoms with E-state index in [1.807, 2.05) is 6.92 Å². The maximum atomic E-state index is 5.63. The number of hydrogen-bond donors (Lipinski definition) is 1. The first-order chi connectivity index (χ1) is 5.43. The molecular formula is C10H23NO. The first kappa shape index (κ1) is 11.9. The highest BCUT2D eigenvalue weighted by Crippen LogP contribution is 2.29. The van der Waals surface area contributed by atoms with Crippen molar-refractivity contribution in [3.8, 4) is 0 Å². The van der Waals surface area contributed by atoms with E-state index in [4.69, 9.17) is 10.5 Å². The van der Waals surface area contributed by atoms with Crippen molar-refractivity contribution in [2.24, 2.45) is 17.1 Å². The van der Waals surface area contributed by atoms with E-state index in [9.17, 15) is 0 Å². The summed E-state index contributed by atoms with van der Waals surface area (Å²) in [7, 11) is 0. The second-order valence-corrected chi connectivity index (χ2v) is 4.38. The minimum Gasteiger partial charge on any atom is -0.377 e. The molecule has 0 heterocycles. The maximum Gasteiger partial charge on any atom is 0.0727 e. The zero-order valence-electron chi connectivity index (χ0n) is 9.05. The Bertz CT molecular complexity index is 117. The van der Waals surface area contributed by atoms with Crippen LogP contribution in [0.15, 0.2) is 0 Å². The molecule has 2 unspecified atom stereocenters. The monoisotopic (exact) mass is 173 g/mol. The van der Waals surface area contributed by atoms with Gasteiger partial charge in [0.2, 0.25) is 0 Å². The van der Waals surface area contributed by atoms with Gasteiger partial charge in [0.15, 0.2) is 0 Å². The number of rotatable bonds is 4. The van der Waals surface area contributed by atoms with Crippen molar-refractivity contribution in [2.75, 3.05) is 13.2 Å². The molecule has 0 spiro atoms. The average Bonchev–Trinajstić information content (AvgIpc) is 1.97. The largest absolute Gasteiger partial charge is 0.377 e. The van der Waals surface area contributed by atoms with Crippen LogP contribution >= 0.6 is 0 Å². The molecule has 74 valence electrons. The molecule has 2 heteroatoms. The normalized spacial score (nSPS) is 17.5. The van der Waals surface area contributed by atoms with Crippen LogP contribution in [0.3, 0.4) is 0 Å². The van der Waals surface area contributed by atoms with Crippen molar-refractivity contribution in [1.82, 2.24) is 0 Å². The Kier molecular flexibility index (Phi) is 4.80. The second kappa shape index (κ2) is 4.83. The number of hydrogen-bond acceptors (Lipinski definition) is 2. The lowest BCUT2D eigenvalue weighted by Gasteiger charge is -2.33. The van der Waals surface area contributed by atoms with Crippen molar-refractivity contribution in [1.29, 1.82) is 0 Å². The van der Waals surface area contributed by atoms with E-state index in [1.165, 1.54) is 0 Å². The Morgan fingerprint density at radius 3 is 2.08 bits per heavy atom. The van der Waals surface area contributed by atoms with E-state index < -0.39 is 0 Å². The summed E-state index contributed by atoms with van der Waals surface area (Å²) in [5, 5.41) is 0. The summed E-state index contributed by atoms with van der Waals surface area (Å²) in [5.74, 6) is 0.502. The average molecular weight is 173 g/mol. The van der Waals surface area contributed by atoms with Crippen LogP contribution in [-0.2, 0) is 4.74 Å². The highest BCUT2D eigenvalue weighted by molar-refractivity contribution is 4.78. The Morgan fingerprint density at radius 2 is 1.83 bits per heavy atom. The van der Waals surface area contributed by atoms with Gasteiger partial charge < -0.3 is 10.5 Å². The number of nitrogens with two attached hydrogens (primary N) is 1. The Hall–Kier alpha value is -0.0800. The molecule has 0 aromatic carbocycles. The molecule has 2 N–H and O–H groups in total. The topological polar surface area (TPSA) is 35.2 Å². The van der Waals surface area contributed by atoms with Crippen molar-refractivity contribution in [3.05, 3.63) is 0 Å². The molecular weight excluding hydrogens is 150 g/mol. The third kappa shape index (κ3) is 3.55. The second-order valence-electron chi connectivity index (χ2n) is 4.38. The van der Waals surface area contributed by atoms with Crippen molar-refractivity contribution < 1.29 is 4.74 Å². The van der Waals surface area contributed by atoms with E-state index in [1.54, 1.807) is 0 Å². The fraction of sp³-hybridized carbons (Fsp3) is 1.00. The predicted molar refractivity (Wildman–Crippen MR) is 53.1 cm³/mol. The zero-order chi connectivity index (χ0) is 9.78. The molecule has 0 aromatic rings. The maximum absolute atomic E-state index is 5.63. The van der Waals surface area contributed by atoms with Crippen LogP contribution < -0.4 is 5.73 Å². The molecule has 0 radical (unpaired) electrons. The quantitative estimate of drug-likeness (QED) is 0.706. The molecule has 12 heavy (non-hydrogen) atoms. The lowest BCUT2D eigenvalue weighted by Crippen LogP contribution is -2.37. The van der Waals surface area contributed by atoms with Gasteiger partial charge in [-0.3, -0.25) is 0 Å². The van der Waals surface area contributed by atoms with Gasteiger partial charge in [-0.25, -0.2) is 0 Å². The molecule has 0 aliphatic rings. The van der Waals surface area contributed by atoms with E-state index in [2.05, 4.69) is 27.7 Å².